The molecule has 0 bridgehead atoms. The summed E-state index contributed by atoms with van der Waals surface area (Å²) in [6.07, 6.45) is -4.57. The van der Waals surface area contributed by atoms with Crippen LogP contribution in [0, 0.1) is 17.7 Å². The molecule has 0 radical (unpaired) electrons. The van der Waals surface area contributed by atoms with E-state index in [9.17, 15) is 22.4 Å². The van der Waals surface area contributed by atoms with Crippen molar-refractivity contribution < 1.29 is 32.0 Å². The van der Waals surface area contributed by atoms with Gasteiger partial charge in [-0.2, -0.15) is 13.2 Å². The fraction of sp³-hybridized carbons (Fsp3) is 0.375. The van der Waals surface area contributed by atoms with Crippen molar-refractivity contribution in [3.63, 3.8) is 0 Å². The third-order valence-corrected chi connectivity index (χ3v) is 4.21. The van der Waals surface area contributed by atoms with E-state index >= 15 is 0 Å². The molecule has 1 saturated heterocycles. The van der Waals surface area contributed by atoms with Gasteiger partial charge in [0.25, 0.3) is 0 Å². The molecule has 9 heteroatoms. The molecule has 0 amide bonds. The van der Waals surface area contributed by atoms with Crippen LogP contribution in [-0.4, -0.2) is 40.4 Å². The van der Waals surface area contributed by atoms with Crippen LogP contribution in [-0.2, 0) is 11.3 Å². The Morgan fingerprint density at radius 3 is 2.52 bits per heavy atom. The predicted octanol–water partition coefficient (Wildman–Crippen LogP) is 3.18. The quantitative estimate of drug-likeness (QED) is 0.851. The second-order valence-corrected chi connectivity index (χ2v) is 5.97. The van der Waals surface area contributed by atoms with Gasteiger partial charge >= 0.3 is 12.1 Å². The number of carbonyl (C=O) groups is 1. The van der Waals surface area contributed by atoms with Crippen molar-refractivity contribution >= 4 is 5.97 Å². The van der Waals surface area contributed by atoms with Crippen LogP contribution >= 0.6 is 0 Å². The number of carboxylic acids is 1. The van der Waals surface area contributed by atoms with E-state index in [0.29, 0.717) is 17.0 Å². The summed E-state index contributed by atoms with van der Waals surface area (Å²) in [5, 5.41) is 12.8. The molecule has 25 heavy (non-hydrogen) atoms. The van der Waals surface area contributed by atoms with Gasteiger partial charge in [0.05, 0.1) is 18.4 Å². The first-order chi connectivity index (χ1) is 11.7. The molecule has 1 aromatic carbocycles. The maximum atomic E-state index is 13.0. The fourth-order valence-corrected chi connectivity index (χ4v) is 2.96. The standard InChI is InChI=1S/C16H14F4N2O3/c17-10-3-1-9(2-4-10)14-5-11(25-21-14)6-22-7-12(15(23)24)13(8-22)16(18,19)20/h1-5,12-13H,6-8H2,(H,23,24)/t12-,13-/m1/s1. The normalized spacial score (nSPS) is 21.6. The molecule has 3 rings (SSSR count). The molecule has 0 unspecified atom stereocenters. The van der Waals surface area contributed by atoms with Gasteiger partial charge in [0.15, 0.2) is 5.76 Å². The summed E-state index contributed by atoms with van der Waals surface area (Å²) in [7, 11) is 0. The molecule has 5 nitrogen and oxygen atoms in total. The predicted molar refractivity (Wildman–Crippen MR) is 77.8 cm³/mol. The van der Waals surface area contributed by atoms with Gasteiger partial charge in [-0.05, 0) is 24.3 Å². The molecule has 1 aliphatic rings. The van der Waals surface area contributed by atoms with Crippen LogP contribution in [0.3, 0.4) is 0 Å². The number of alkyl halides is 3. The largest absolute Gasteiger partial charge is 0.481 e. The second-order valence-electron chi connectivity index (χ2n) is 5.97. The minimum Gasteiger partial charge on any atom is -0.481 e. The Labute approximate surface area is 139 Å². The zero-order chi connectivity index (χ0) is 18.2. The molecule has 2 heterocycles. The highest BCUT2D eigenvalue weighted by molar-refractivity contribution is 5.71. The van der Waals surface area contributed by atoms with Crippen molar-refractivity contribution in [3.05, 3.63) is 41.9 Å². The van der Waals surface area contributed by atoms with E-state index in [-0.39, 0.29) is 13.1 Å². The van der Waals surface area contributed by atoms with E-state index in [1.807, 2.05) is 0 Å². The molecule has 0 saturated carbocycles. The Bertz CT molecular complexity index is 757. The Balaban J connectivity index is 1.71. The first-order valence-corrected chi connectivity index (χ1v) is 7.47. The fourth-order valence-electron chi connectivity index (χ4n) is 2.96. The van der Waals surface area contributed by atoms with Crippen LogP contribution < -0.4 is 0 Å². The third-order valence-electron chi connectivity index (χ3n) is 4.21. The minimum atomic E-state index is -4.57. The van der Waals surface area contributed by atoms with Crippen molar-refractivity contribution in [2.24, 2.45) is 11.8 Å². The Hall–Kier alpha value is -2.42. The number of likely N-dealkylation sites (tertiary alicyclic amines) is 1. The van der Waals surface area contributed by atoms with Gasteiger partial charge in [0, 0.05) is 24.7 Å². The average Bonchev–Trinajstić information content (AvgIpc) is 3.15. The van der Waals surface area contributed by atoms with Gasteiger partial charge in [-0.1, -0.05) is 5.16 Å². The summed E-state index contributed by atoms with van der Waals surface area (Å²) >= 11 is 0. The van der Waals surface area contributed by atoms with Gasteiger partial charge < -0.3 is 9.63 Å². The second kappa shape index (κ2) is 6.47. The third kappa shape index (κ3) is 3.81. The first kappa shape index (κ1) is 17.4. The summed E-state index contributed by atoms with van der Waals surface area (Å²) in [5.41, 5.74) is 1.03. The van der Waals surface area contributed by atoms with Crippen LogP contribution in [0.4, 0.5) is 17.6 Å². The molecule has 1 fully saturated rings. The zero-order valence-corrected chi connectivity index (χ0v) is 12.8. The van der Waals surface area contributed by atoms with E-state index in [0.717, 1.165) is 0 Å². The van der Waals surface area contributed by atoms with Crippen LogP contribution in [0.2, 0.25) is 0 Å². The Morgan fingerprint density at radius 2 is 1.96 bits per heavy atom. The molecule has 1 aliphatic heterocycles. The molecule has 2 atom stereocenters. The Morgan fingerprint density at radius 1 is 1.28 bits per heavy atom. The number of benzene rings is 1. The lowest BCUT2D eigenvalue weighted by Gasteiger charge is -2.18. The van der Waals surface area contributed by atoms with Crippen LogP contribution in [0.1, 0.15) is 5.76 Å². The molecule has 1 N–H and O–H groups in total. The van der Waals surface area contributed by atoms with Crippen LogP contribution in [0.5, 0.6) is 0 Å². The topological polar surface area (TPSA) is 66.6 Å². The molecule has 134 valence electrons. The summed E-state index contributed by atoms with van der Waals surface area (Å²) in [4.78, 5) is 12.5. The van der Waals surface area contributed by atoms with Gasteiger partial charge in [0.2, 0.25) is 0 Å². The number of halogens is 4. The smallest absolute Gasteiger partial charge is 0.393 e. The van der Waals surface area contributed by atoms with E-state index < -0.39 is 36.3 Å². The number of hydrogen-bond acceptors (Lipinski definition) is 4. The maximum absolute atomic E-state index is 13.0. The van der Waals surface area contributed by atoms with Crippen molar-refractivity contribution in [2.45, 2.75) is 12.7 Å². The molecule has 1 aromatic heterocycles. The lowest BCUT2D eigenvalue weighted by Crippen LogP contribution is -2.33. The van der Waals surface area contributed by atoms with E-state index in [1.165, 1.54) is 29.2 Å². The lowest BCUT2D eigenvalue weighted by atomic mass is 9.96. The number of aliphatic carboxylic acids is 1. The van der Waals surface area contributed by atoms with E-state index in [1.54, 1.807) is 6.07 Å². The average molecular weight is 358 g/mol. The number of rotatable bonds is 4. The Kier molecular flexibility index (Phi) is 4.51. The van der Waals surface area contributed by atoms with Crippen molar-refractivity contribution in [1.29, 1.82) is 0 Å². The van der Waals surface area contributed by atoms with Gasteiger partial charge in [-0.25, -0.2) is 4.39 Å². The molecule has 0 spiro atoms. The number of carboxylic acid groups (broad SMARTS) is 1. The highest BCUT2D eigenvalue weighted by atomic mass is 19.4. The monoisotopic (exact) mass is 358 g/mol. The molecular formula is C16H14F4N2O3. The van der Waals surface area contributed by atoms with Gasteiger partial charge in [-0.15, -0.1) is 0 Å². The number of aromatic nitrogens is 1. The van der Waals surface area contributed by atoms with Crippen molar-refractivity contribution in [3.8, 4) is 11.3 Å². The van der Waals surface area contributed by atoms with E-state index in [4.69, 9.17) is 9.63 Å². The lowest BCUT2D eigenvalue weighted by molar-refractivity contribution is -0.188. The SMILES string of the molecule is O=C(O)[C@@H]1CN(Cc2cc(-c3ccc(F)cc3)no2)C[C@H]1C(F)(F)F. The number of hydrogen-bond donors (Lipinski definition) is 1. The maximum Gasteiger partial charge on any atom is 0.393 e. The molecule has 0 aliphatic carbocycles. The first-order valence-electron chi connectivity index (χ1n) is 7.47. The summed E-state index contributed by atoms with van der Waals surface area (Å²) in [6.45, 7) is -0.607. The van der Waals surface area contributed by atoms with E-state index in [2.05, 4.69) is 5.16 Å². The highest BCUT2D eigenvalue weighted by Gasteiger charge is 2.52. The number of nitrogens with zero attached hydrogens (tertiary/aromatic N) is 2. The van der Waals surface area contributed by atoms with Crippen molar-refractivity contribution in [1.82, 2.24) is 10.1 Å². The molecule has 2 aromatic rings. The van der Waals surface area contributed by atoms with Gasteiger partial charge in [0.1, 0.15) is 11.5 Å². The van der Waals surface area contributed by atoms with Crippen molar-refractivity contribution in [2.75, 3.05) is 13.1 Å². The summed E-state index contributed by atoms with van der Waals surface area (Å²) < 4.78 is 57.0. The zero-order valence-electron chi connectivity index (χ0n) is 12.8. The highest BCUT2D eigenvalue weighted by Crippen LogP contribution is 2.38. The van der Waals surface area contributed by atoms with Gasteiger partial charge in [-0.3, -0.25) is 9.69 Å². The minimum absolute atomic E-state index is 0.0184. The van der Waals surface area contributed by atoms with Crippen LogP contribution in [0.15, 0.2) is 34.9 Å². The molecular weight excluding hydrogens is 344 g/mol. The summed E-state index contributed by atoms with van der Waals surface area (Å²) in [6, 6.07) is 7.08. The van der Waals surface area contributed by atoms with Crippen LogP contribution in [0.25, 0.3) is 11.3 Å². The summed E-state index contributed by atoms with van der Waals surface area (Å²) in [5.74, 6) is -4.97.